The van der Waals surface area contributed by atoms with E-state index in [-0.39, 0.29) is 5.24 Å². The number of anilines is 1. The average Bonchev–Trinajstić information content (AvgIpc) is 2.48. The van der Waals surface area contributed by atoms with Gasteiger partial charge in [0, 0.05) is 38.3 Å². The second-order valence-corrected chi connectivity index (χ2v) is 4.32. The van der Waals surface area contributed by atoms with Crippen LogP contribution in [-0.4, -0.2) is 24.9 Å². The van der Waals surface area contributed by atoms with Crippen LogP contribution in [0, 0.1) is 0 Å². The van der Waals surface area contributed by atoms with Gasteiger partial charge in [-0.3, -0.25) is 4.79 Å². The van der Waals surface area contributed by atoms with Crippen LogP contribution < -0.4 is 10.2 Å². The molecule has 1 aliphatic rings. The maximum absolute atomic E-state index is 10.8. The van der Waals surface area contributed by atoms with Gasteiger partial charge in [0.05, 0.1) is 0 Å². The van der Waals surface area contributed by atoms with Crippen molar-refractivity contribution in [1.29, 1.82) is 0 Å². The molecule has 0 spiro atoms. The van der Waals surface area contributed by atoms with Gasteiger partial charge < -0.3 is 10.2 Å². The number of rotatable bonds is 3. The van der Waals surface area contributed by atoms with Gasteiger partial charge in [-0.15, -0.1) is 0 Å². The first-order chi connectivity index (χ1) is 7.77. The van der Waals surface area contributed by atoms with Gasteiger partial charge in [0.25, 0.3) is 0 Å². The third-order valence-electron chi connectivity index (χ3n) is 2.78. The fourth-order valence-electron chi connectivity index (χ4n) is 1.98. The molecule has 3 nitrogen and oxygen atoms in total. The van der Waals surface area contributed by atoms with E-state index in [0.717, 1.165) is 19.6 Å². The summed E-state index contributed by atoms with van der Waals surface area (Å²) in [6.45, 7) is 3.44. The summed E-state index contributed by atoms with van der Waals surface area (Å²) in [7, 11) is 0. The fourth-order valence-corrected chi connectivity index (χ4v) is 2.07. The number of benzene rings is 1. The van der Waals surface area contributed by atoms with Crippen molar-refractivity contribution in [2.45, 2.75) is 13.0 Å². The highest BCUT2D eigenvalue weighted by atomic mass is 35.5. The predicted octanol–water partition coefficient (Wildman–Crippen LogP) is 1.75. The number of para-hydroxylation sites is 1. The molecule has 1 aromatic rings. The SMILES string of the molecule is O=C(Cl)CCN1CCNCc2ccccc21. The Bertz CT molecular complexity index is 381. The third-order valence-corrected chi connectivity index (χ3v) is 2.97. The molecule has 2 rings (SSSR count). The lowest BCUT2D eigenvalue weighted by Gasteiger charge is -2.23. The molecule has 0 fully saturated rings. The van der Waals surface area contributed by atoms with Gasteiger partial charge in [0.1, 0.15) is 0 Å². The fraction of sp³-hybridized carbons (Fsp3) is 0.417. The van der Waals surface area contributed by atoms with E-state index in [0.29, 0.717) is 13.0 Å². The van der Waals surface area contributed by atoms with Crippen LogP contribution in [0.15, 0.2) is 24.3 Å². The minimum atomic E-state index is -0.269. The summed E-state index contributed by atoms with van der Waals surface area (Å²) in [5.74, 6) is 0. The Morgan fingerprint density at radius 2 is 2.25 bits per heavy atom. The molecule has 0 saturated heterocycles. The van der Waals surface area contributed by atoms with Gasteiger partial charge in [0.15, 0.2) is 0 Å². The first kappa shape index (κ1) is 11.4. The summed E-state index contributed by atoms with van der Waals surface area (Å²) in [6.07, 6.45) is 0.399. The van der Waals surface area contributed by atoms with E-state index in [2.05, 4.69) is 22.3 Å². The Labute approximate surface area is 100 Å². The lowest BCUT2D eigenvalue weighted by atomic mass is 10.1. The lowest BCUT2D eigenvalue weighted by molar-refractivity contribution is -0.111. The molecular formula is C12H15ClN2O. The van der Waals surface area contributed by atoms with Crippen LogP contribution in [0.25, 0.3) is 0 Å². The van der Waals surface area contributed by atoms with Crippen LogP contribution in [0.3, 0.4) is 0 Å². The van der Waals surface area contributed by atoms with Crippen molar-refractivity contribution >= 4 is 22.5 Å². The van der Waals surface area contributed by atoms with E-state index in [9.17, 15) is 4.79 Å². The smallest absolute Gasteiger partial charge is 0.223 e. The topological polar surface area (TPSA) is 32.3 Å². The number of halogens is 1. The molecular weight excluding hydrogens is 224 g/mol. The molecule has 0 saturated carbocycles. The van der Waals surface area contributed by atoms with Crippen LogP contribution >= 0.6 is 11.6 Å². The zero-order chi connectivity index (χ0) is 11.4. The highest BCUT2D eigenvalue weighted by molar-refractivity contribution is 6.63. The molecule has 1 N–H and O–H groups in total. The van der Waals surface area contributed by atoms with Crippen LogP contribution in [0.5, 0.6) is 0 Å². The molecule has 0 radical (unpaired) electrons. The van der Waals surface area contributed by atoms with Crippen LogP contribution in [0.1, 0.15) is 12.0 Å². The van der Waals surface area contributed by atoms with Gasteiger partial charge in [-0.2, -0.15) is 0 Å². The van der Waals surface area contributed by atoms with Gasteiger partial charge >= 0.3 is 0 Å². The van der Waals surface area contributed by atoms with Crippen molar-refractivity contribution in [2.24, 2.45) is 0 Å². The van der Waals surface area contributed by atoms with E-state index < -0.39 is 0 Å². The zero-order valence-electron chi connectivity index (χ0n) is 9.08. The van der Waals surface area contributed by atoms with Crippen molar-refractivity contribution in [3.63, 3.8) is 0 Å². The first-order valence-electron chi connectivity index (χ1n) is 5.49. The van der Waals surface area contributed by atoms with Crippen molar-refractivity contribution in [1.82, 2.24) is 5.32 Å². The largest absolute Gasteiger partial charge is 0.370 e. The summed E-state index contributed by atoms with van der Waals surface area (Å²) >= 11 is 5.38. The van der Waals surface area contributed by atoms with Gasteiger partial charge in [-0.25, -0.2) is 0 Å². The minimum absolute atomic E-state index is 0.269. The predicted molar refractivity (Wildman–Crippen MR) is 65.8 cm³/mol. The zero-order valence-corrected chi connectivity index (χ0v) is 9.83. The second kappa shape index (κ2) is 5.32. The van der Waals surface area contributed by atoms with Crippen LogP contribution in [0.4, 0.5) is 5.69 Å². The van der Waals surface area contributed by atoms with E-state index in [4.69, 9.17) is 11.6 Å². The molecule has 1 aromatic carbocycles. The van der Waals surface area contributed by atoms with E-state index in [1.807, 2.05) is 12.1 Å². The van der Waals surface area contributed by atoms with Crippen LogP contribution in [-0.2, 0) is 11.3 Å². The number of nitrogens with one attached hydrogen (secondary N) is 1. The summed E-state index contributed by atoms with van der Waals surface area (Å²) in [6, 6.07) is 8.28. The maximum atomic E-state index is 10.8. The molecule has 0 aromatic heterocycles. The standard InChI is InChI=1S/C12H15ClN2O/c13-12(16)5-7-15-8-6-14-9-10-3-1-2-4-11(10)15/h1-4,14H,5-9H2. The van der Waals surface area contributed by atoms with E-state index in [1.54, 1.807) is 0 Å². The van der Waals surface area contributed by atoms with Crippen molar-refractivity contribution in [3.05, 3.63) is 29.8 Å². The Morgan fingerprint density at radius 1 is 1.44 bits per heavy atom. The molecule has 0 aliphatic carbocycles. The Balaban J connectivity index is 2.15. The number of hydrogen-bond acceptors (Lipinski definition) is 3. The van der Waals surface area contributed by atoms with Gasteiger partial charge in [-0.05, 0) is 23.2 Å². The molecule has 0 unspecified atom stereocenters. The maximum Gasteiger partial charge on any atom is 0.223 e. The normalized spacial score (nSPS) is 15.4. The van der Waals surface area contributed by atoms with Crippen molar-refractivity contribution in [2.75, 3.05) is 24.5 Å². The number of carbonyl (C=O) groups is 1. The average molecular weight is 239 g/mol. The van der Waals surface area contributed by atoms with E-state index >= 15 is 0 Å². The quantitative estimate of drug-likeness (QED) is 0.815. The highest BCUT2D eigenvalue weighted by Crippen LogP contribution is 2.22. The van der Waals surface area contributed by atoms with Crippen molar-refractivity contribution in [3.8, 4) is 0 Å². The Kier molecular flexibility index (Phi) is 3.80. The molecule has 0 amide bonds. The molecule has 1 heterocycles. The summed E-state index contributed by atoms with van der Waals surface area (Å²) in [5, 5.41) is 3.09. The van der Waals surface area contributed by atoms with E-state index in [1.165, 1.54) is 11.3 Å². The molecule has 4 heteroatoms. The first-order valence-corrected chi connectivity index (χ1v) is 5.87. The molecule has 86 valence electrons. The van der Waals surface area contributed by atoms with Crippen molar-refractivity contribution < 1.29 is 4.79 Å². The third kappa shape index (κ3) is 2.74. The molecule has 0 bridgehead atoms. The summed E-state index contributed by atoms with van der Waals surface area (Å²) < 4.78 is 0. The number of carbonyl (C=O) groups excluding carboxylic acids is 1. The molecule has 0 atom stereocenters. The monoisotopic (exact) mass is 238 g/mol. The lowest BCUT2D eigenvalue weighted by Crippen LogP contribution is -2.30. The molecule has 16 heavy (non-hydrogen) atoms. The summed E-state index contributed by atoms with van der Waals surface area (Å²) in [5.41, 5.74) is 2.49. The second-order valence-electron chi connectivity index (χ2n) is 3.90. The highest BCUT2D eigenvalue weighted by Gasteiger charge is 2.14. The van der Waals surface area contributed by atoms with Gasteiger partial charge in [0.2, 0.25) is 5.24 Å². The number of hydrogen-bond donors (Lipinski definition) is 1. The Hall–Kier alpha value is -1.06. The van der Waals surface area contributed by atoms with Crippen LogP contribution in [0.2, 0.25) is 0 Å². The summed E-state index contributed by atoms with van der Waals surface area (Å²) in [4.78, 5) is 13.0. The number of fused-ring (bicyclic) bond motifs is 1. The minimum Gasteiger partial charge on any atom is -0.370 e. The number of nitrogens with zero attached hydrogens (tertiary/aromatic N) is 1. The Morgan fingerprint density at radius 3 is 3.06 bits per heavy atom. The van der Waals surface area contributed by atoms with Gasteiger partial charge in [-0.1, -0.05) is 18.2 Å². The molecule has 1 aliphatic heterocycles.